The first-order valence-electron chi connectivity index (χ1n) is 9.83. The Morgan fingerprint density at radius 1 is 1.10 bits per heavy atom. The van der Waals surface area contributed by atoms with Gasteiger partial charge in [0.1, 0.15) is 5.41 Å². The van der Waals surface area contributed by atoms with Gasteiger partial charge in [0.2, 0.25) is 0 Å². The highest BCUT2D eigenvalue weighted by Gasteiger charge is 2.39. The number of ether oxygens (including phenoxy) is 1. The van der Waals surface area contributed by atoms with Crippen LogP contribution in [0.15, 0.2) is 73.1 Å². The van der Waals surface area contributed by atoms with E-state index in [9.17, 15) is 4.79 Å². The van der Waals surface area contributed by atoms with Crippen LogP contribution < -0.4 is 0 Å². The Morgan fingerprint density at radius 2 is 1.83 bits per heavy atom. The van der Waals surface area contributed by atoms with E-state index in [1.54, 1.807) is 16.9 Å². The Morgan fingerprint density at radius 3 is 2.53 bits per heavy atom. The van der Waals surface area contributed by atoms with Gasteiger partial charge < -0.3 is 4.74 Å². The molecule has 2 heterocycles. The number of carbonyl (C=O) groups excluding carboxylic acids is 1. The molecule has 6 heteroatoms. The van der Waals surface area contributed by atoms with Crippen LogP contribution in [0.4, 0.5) is 0 Å². The van der Waals surface area contributed by atoms with Crippen molar-refractivity contribution in [2.75, 3.05) is 6.61 Å². The Hall–Kier alpha value is -3.18. The van der Waals surface area contributed by atoms with Crippen molar-refractivity contribution in [2.45, 2.75) is 25.7 Å². The lowest BCUT2D eigenvalue weighted by Gasteiger charge is -2.28. The molecule has 30 heavy (non-hydrogen) atoms. The highest BCUT2D eigenvalue weighted by atomic mass is 35.5. The third-order valence-electron chi connectivity index (χ3n) is 5.25. The Kier molecular flexibility index (Phi) is 5.55. The van der Waals surface area contributed by atoms with Crippen LogP contribution in [0.5, 0.6) is 0 Å². The van der Waals surface area contributed by atoms with E-state index in [4.69, 9.17) is 16.3 Å². The molecule has 0 aliphatic carbocycles. The van der Waals surface area contributed by atoms with Gasteiger partial charge in [-0.1, -0.05) is 54.1 Å². The predicted octanol–water partition coefficient (Wildman–Crippen LogP) is 5.11. The van der Waals surface area contributed by atoms with Crippen molar-refractivity contribution >= 4 is 23.2 Å². The van der Waals surface area contributed by atoms with E-state index in [-0.39, 0.29) is 5.97 Å². The smallest absolute Gasteiger partial charge is 0.318 e. The average molecular weight is 420 g/mol. The molecule has 0 bridgehead atoms. The molecule has 2 aromatic heterocycles. The van der Waals surface area contributed by atoms with Crippen LogP contribution in [0.25, 0.3) is 16.8 Å². The van der Waals surface area contributed by atoms with Crippen LogP contribution in [-0.4, -0.2) is 27.2 Å². The highest BCUT2D eigenvalue weighted by molar-refractivity contribution is 6.30. The molecule has 0 fully saturated rings. The quantitative estimate of drug-likeness (QED) is 0.407. The molecule has 0 spiro atoms. The number of hydrogen-bond acceptors (Lipinski definition) is 4. The largest absolute Gasteiger partial charge is 0.465 e. The van der Waals surface area contributed by atoms with E-state index in [0.29, 0.717) is 23.7 Å². The molecule has 0 aliphatic rings. The van der Waals surface area contributed by atoms with Crippen LogP contribution in [0.3, 0.4) is 0 Å². The first-order chi connectivity index (χ1) is 14.5. The summed E-state index contributed by atoms with van der Waals surface area (Å²) >= 11 is 6.03. The molecule has 2 aromatic carbocycles. The fourth-order valence-corrected chi connectivity index (χ4v) is 3.83. The molecule has 4 aromatic rings. The second kappa shape index (κ2) is 8.28. The molecule has 0 unspecified atom stereocenters. The summed E-state index contributed by atoms with van der Waals surface area (Å²) in [5, 5.41) is 5.25. The first kappa shape index (κ1) is 20.1. The molecule has 0 aliphatic heterocycles. The van der Waals surface area contributed by atoms with Crippen molar-refractivity contribution < 1.29 is 9.53 Å². The van der Waals surface area contributed by atoms with Crippen molar-refractivity contribution in [1.29, 1.82) is 0 Å². The van der Waals surface area contributed by atoms with E-state index in [1.807, 2.05) is 74.5 Å². The van der Waals surface area contributed by atoms with Crippen LogP contribution in [0.2, 0.25) is 5.02 Å². The Balaban J connectivity index is 1.85. The van der Waals surface area contributed by atoms with E-state index in [0.717, 1.165) is 22.4 Å². The summed E-state index contributed by atoms with van der Waals surface area (Å²) in [5.41, 5.74) is 3.36. The zero-order chi connectivity index (χ0) is 21.1. The molecule has 0 N–H and O–H groups in total. The third kappa shape index (κ3) is 3.68. The summed E-state index contributed by atoms with van der Waals surface area (Å²) < 4.78 is 7.21. The van der Waals surface area contributed by atoms with Crippen molar-refractivity contribution in [2.24, 2.45) is 0 Å². The molecule has 0 saturated carbocycles. The molecule has 0 saturated heterocycles. The zero-order valence-electron chi connectivity index (χ0n) is 16.9. The normalized spacial score (nSPS) is 13.2. The van der Waals surface area contributed by atoms with E-state index < -0.39 is 5.41 Å². The standard InChI is InChI=1S/C24H22ClN3O2/c1-3-30-23(29)24(2,15-17-7-5-4-6-8-17)21-13-14-26-22-20(16-27-28(21)22)18-9-11-19(25)12-10-18/h4-14,16H,3,15H2,1-2H3/t24-/m0/s1. The number of carbonyl (C=O) groups is 1. The lowest BCUT2D eigenvalue weighted by molar-refractivity contribution is -0.149. The monoisotopic (exact) mass is 419 g/mol. The van der Waals surface area contributed by atoms with Gasteiger partial charge in [0.25, 0.3) is 0 Å². The average Bonchev–Trinajstić information content (AvgIpc) is 3.19. The van der Waals surface area contributed by atoms with Gasteiger partial charge in [-0.15, -0.1) is 0 Å². The van der Waals surface area contributed by atoms with Gasteiger partial charge in [0.15, 0.2) is 5.65 Å². The summed E-state index contributed by atoms with van der Waals surface area (Å²) in [6.45, 7) is 4.03. The van der Waals surface area contributed by atoms with Gasteiger partial charge in [-0.05, 0) is 49.6 Å². The topological polar surface area (TPSA) is 56.5 Å². The minimum atomic E-state index is -0.929. The van der Waals surface area contributed by atoms with Crippen molar-refractivity contribution in [3.05, 3.63) is 89.3 Å². The molecule has 1 atom stereocenters. The lowest BCUT2D eigenvalue weighted by Crippen LogP contribution is -2.38. The number of nitrogens with zero attached hydrogens (tertiary/aromatic N) is 3. The van der Waals surface area contributed by atoms with Crippen LogP contribution in [-0.2, 0) is 21.4 Å². The molecular formula is C24H22ClN3O2. The number of benzene rings is 2. The fourth-order valence-electron chi connectivity index (χ4n) is 3.70. The van der Waals surface area contributed by atoms with Gasteiger partial charge in [0.05, 0.1) is 18.5 Å². The summed E-state index contributed by atoms with van der Waals surface area (Å²) in [6, 6.07) is 19.3. The van der Waals surface area contributed by atoms with Gasteiger partial charge >= 0.3 is 5.97 Å². The lowest BCUT2D eigenvalue weighted by atomic mass is 9.80. The number of hydrogen-bond donors (Lipinski definition) is 0. The number of aromatic nitrogens is 3. The molecule has 0 amide bonds. The zero-order valence-corrected chi connectivity index (χ0v) is 17.6. The van der Waals surface area contributed by atoms with Crippen molar-refractivity contribution in [3.63, 3.8) is 0 Å². The number of rotatable bonds is 6. The van der Waals surface area contributed by atoms with Gasteiger partial charge in [0, 0.05) is 16.8 Å². The van der Waals surface area contributed by atoms with Gasteiger partial charge in [-0.2, -0.15) is 5.10 Å². The summed E-state index contributed by atoms with van der Waals surface area (Å²) in [7, 11) is 0. The molecule has 152 valence electrons. The van der Waals surface area contributed by atoms with E-state index in [1.165, 1.54) is 0 Å². The summed E-state index contributed by atoms with van der Waals surface area (Å²) in [5.74, 6) is -0.287. The van der Waals surface area contributed by atoms with Crippen LogP contribution >= 0.6 is 11.6 Å². The maximum Gasteiger partial charge on any atom is 0.318 e. The summed E-state index contributed by atoms with van der Waals surface area (Å²) in [6.07, 6.45) is 3.97. The number of esters is 1. The molecule has 0 radical (unpaired) electrons. The number of halogens is 1. The fraction of sp³-hybridized carbons (Fsp3) is 0.208. The molecule has 4 rings (SSSR count). The van der Waals surface area contributed by atoms with Crippen molar-refractivity contribution in [1.82, 2.24) is 14.6 Å². The third-order valence-corrected chi connectivity index (χ3v) is 5.50. The highest BCUT2D eigenvalue weighted by Crippen LogP contribution is 2.32. The maximum absolute atomic E-state index is 13.1. The number of fused-ring (bicyclic) bond motifs is 1. The Bertz CT molecular complexity index is 1170. The minimum absolute atomic E-state index is 0.287. The summed E-state index contributed by atoms with van der Waals surface area (Å²) in [4.78, 5) is 17.7. The van der Waals surface area contributed by atoms with Gasteiger partial charge in [-0.25, -0.2) is 9.50 Å². The maximum atomic E-state index is 13.1. The van der Waals surface area contributed by atoms with E-state index in [2.05, 4.69) is 10.1 Å². The SMILES string of the molecule is CCOC(=O)[C@@](C)(Cc1ccccc1)c1ccnc2c(-c3ccc(Cl)cc3)cnn12. The molecule has 5 nitrogen and oxygen atoms in total. The first-order valence-corrected chi connectivity index (χ1v) is 10.2. The predicted molar refractivity (Wildman–Crippen MR) is 118 cm³/mol. The van der Waals surface area contributed by atoms with E-state index >= 15 is 0 Å². The Labute approximate surface area is 180 Å². The second-order valence-corrected chi connectivity index (χ2v) is 7.78. The minimum Gasteiger partial charge on any atom is -0.465 e. The van der Waals surface area contributed by atoms with Crippen LogP contribution in [0.1, 0.15) is 25.1 Å². The molecular weight excluding hydrogens is 398 g/mol. The van der Waals surface area contributed by atoms with Crippen molar-refractivity contribution in [3.8, 4) is 11.1 Å². The van der Waals surface area contributed by atoms with Gasteiger partial charge in [-0.3, -0.25) is 4.79 Å². The van der Waals surface area contributed by atoms with Crippen LogP contribution in [0, 0.1) is 0 Å². The second-order valence-electron chi connectivity index (χ2n) is 7.35.